The number of rotatable bonds is 5. The topological polar surface area (TPSA) is 20.9 Å². The van der Waals surface area contributed by atoms with Crippen molar-refractivity contribution in [1.29, 1.82) is 0 Å². The Balaban J connectivity index is 0.00000225. The summed E-state index contributed by atoms with van der Waals surface area (Å²) in [7, 11) is 0. The zero-order chi connectivity index (χ0) is 16.8. The van der Waals surface area contributed by atoms with Gasteiger partial charge in [-0.15, -0.1) is 0 Å². The van der Waals surface area contributed by atoms with Crippen LogP contribution >= 0.6 is 11.6 Å². The van der Waals surface area contributed by atoms with Gasteiger partial charge in [-0.3, -0.25) is 4.79 Å². The number of aromatic nitrogens is 1. The molecule has 1 heterocycles. The molecule has 0 N–H and O–H groups in total. The summed E-state index contributed by atoms with van der Waals surface area (Å²) in [6.45, 7) is 0. The molecule has 0 spiro atoms. The van der Waals surface area contributed by atoms with Crippen LogP contribution in [0.4, 0.5) is 0 Å². The van der Waals surface area contributed by atoms with Gasteiger partial charge in [0.25, 0.3) is 0 Å². The standard InChI is InChI=1S/C21H17ClNO.ClH/c22-20-10-8-19(9-11-20)21(24)12-14-23-13-4-7-18(16-23)15-17-5-2-1-3-6-17;/h1-14,16H,15H2;1H/q+1;/p-1/b14-12+;. The van der Waals surface area contributed by atoms with Crippen LogP contribution in [0.1, 0.15) is 21.5 Å². The van der Waals surface area contributed by atoms with Crippen LogP contribution < -0.4 is 17.0 Å². The summed E-state index contributed by atoms with van der Waals surface area (Å²) in [5.41, 5.74) is 3.07. The number of carbonyl (C=O) groups is 1. The fraction of sp³-hybridized carbons (Fsp3) is 0.0476. The lowest BCUT2D eigenvalue weighted by molar-refractivity contribution is -0.568. The van der Waals surface area contributed by atoms with Crippen molar-refractivity contribution in [3.63, 3.8) is 0 Å². The van der Waals surface area contributed by atoms with Crippen LogP contribution in [0, 0.1) is 0 Å². The van der Waals surface area contributed by atoms with Gasteiger partial charge in [-0.2, -0.15) is 4.57 Å². The zero-order valence-electron chi connectivity index (χ0n) is 13.5. The van der Waals surface area contributed by atoms with Gasteiger partial charge in [0.1, 0.15) is 0 Å². The van der Waals surface area contributed by atoms with E-state index in [9.17, 15) is 4.79 Å². The predicted octanol–water partition coefficient (Wildman–Crippen LogP) is 1.58. The number of hydrogen-bond donors (Lipinski definition) is 0. The average Bonchev–Trinajstić information content (AvgIpc) is 2.61. The Bertz CT molecular complexity index is 859. The van der Waals surface area contributed by atoms with E-state index >= 15 is 0 Å². The Kier molecular flexibility index (Phi) is 6.93. The Morgan fingerprint density at radius 2 is 1.60 bits per heavy atom. The molecular weight excluding hydrogens is 353 g/mol. The Morgan fingerprint density at radius 3 is 2.32 bits per heavy atom. The van der Waals surface area contributed by atoms with Crippen molar-refractivity contribution in [2.24, 2.45) is 0 Å². The molecule has 1 aromatic heterocycles. The van der Waals surface area contributed by atoms with E-state index in [2.05, 4.69) is 18.2 Å². The molecule has 0 saturated heterocycles. The van der Waals surface area contributed by atoms with Gasteiger partial charge in [-0.25, -0.2) is 0 Å². The molecular formula is C21H17Cl2NO. The van der Waals surface area contributed by atoms with Crippen molar-refractivity contribution >= 4 is 23.6 Å². The van der Waals surface area contributed by atoms with Gasteiger partial charge in [-0.05, 0) is 35.9 Å². The highest BCUT2D eigenvalue weighted by atomic mass is 35.5. The molecule has 4 heteroatoms. The number of halogens is 2. The first-order valence-electron chi connectivity index (χ1n) is 7.72. The smallest absolute Gasteiger partial charge is 0.191 e. The van der Waals surface area contributed by atoms with Crippen LogP contribution in [-0.2, 0) is 6.42 Å². The minimum atomic E-state index is -0.0485. The Hall–Kier alpha value is -2.42. The summed E-state index contributed by atoms with van der Waals surface area (Å²) < 4.78 is 1.89. The van der Waals surface area contributed by atoms with E-state index in [-0.39, 0.29) is 18.2 Å². The molecule has 0 unspecified atom stereocenters. The quantitative estimate of drug-likeness (QED) is 0.380. The second kappa shape index (κ2) is 9.16. The molecule has 0 radical (unpaired) electrons. The van der Waals surface area contributed by atoms with Crippen molar-refractivity contribution in [1.82, 2.24) is 0 Å². The molecule has 0 fully saturated rings. The second-order valence-corrected chi connectivity index (χ2v) is 5.95. The lowest BCUT2D eigenvalue weighted by atomic mass is 10.1. The van der Waals surface area contributed by atoms with E-state index in [1.807, 2.05) is 41.2 Å². The maximum Gasteiger partial charge on any atom is 0.191 e. The maximum absolute atomic E-state index is 12.2. The highest BCUT2D eigenvalue weighted by Crippen LogP contribution is 2.10. The van der Waals surface area contributed by atoms with E-state index in [1.165, 1.54) is 11.1 Å². The van der Waals surface area contributed by atoms with Crippen molar-refractivity contribution in [2.45, 2.75) is 6.42 Å². The lowest BCUT2D eigenvalue weighted by Gasteiger charge is -1.99. The van der Waals surface area contributed by atoms with E-state index in [0.29, 0.717) is 10.6 Å². The van der Waals surface area contributed by atoms with Gasteiger partial charge in [0.05, 0.1) is 6.08 Å². The minimum Gasteiger partial charge on any atom is -1.00 e. The van der Waals surface area contributed by atoms with Crippen LogP contribution in [-0.4, -0.2) is 5.78 Å². The van der Waals surface area contributed by atoms with Crippen molar-refractivity contribution in [2.75, 3.05) is 0 Å². The van der Waals surface area contributed by atoms with Gasteiger partial charge < -0.3 is 12.4 Å². The fourth-order valence-electron chi connectivity index (χ4n) is 2.44. The summed E-state index contributed by atoms with van der Waals surface area (Å²) in [5, 5.41) is 0.624. The summed E-state index contributed by atoms with van der Waals surface area (Å²) in [6.07, 6.45) is 8.14. The molecule has 2 aromatic carbocycles. The number of pyridine rings is 1. The zero-order valence-corrected chi connectivity index (χ0v) is 15.0. The van der Waals surface area contributed by atoms with E-state index in [4.69, 9.17) is 11.6 Å². The van der Waals surface area contributed by atoms with Gasteiger partial charge in [0.15, 0.2) is 24.4 Å². The van der Waals surface area contributed by atoms with Crippen molar-refractivity contribution in [3.05, 3.63) is 107 Å². The molecule has 2 nitrogen and oxygen atoms in total. The van der Waals surface area contributed by atoms with Crippen LogP contribution in [0.2, 0.25) is 5.02 Å². The minimum absolute atomic E-state index is 0. The maximum atomic E-state index is 12.2. The molecule has 3 aromatic rings. The first-order chi connectivity index (χ1) is 11.7. The summed E-state index contributed by atoms with van der Waals surface area (Å²) in [6, 6.07) is 21.3. The first-order valence-corrected chi connectivity index (χ1v) is 8.10. The largest absolute Gasteiger partial charge is 1.00 e. The van der Waals surface area contributed by atoms with E-state index < -0.39 is 0 Å². The molecule has 0 bridgehead atoms. The third-order valence-electron chi connectivity index (χ3n) is 3.66. The van der Waals surface area contributed by atoms with Gasteiger partial charge >= 0.3 is 0 Å². The normalized spacial score (nSPS) is 10.4. The molecule has 0 aliphatic rings. The molecule has 0 atom stereocenters. The third-order valence-corrected chi connectivity index (χ3v) is 3.91. The van der Waals surface area contributed by atoms with Gasteiger partial charge in [-0.1, -0.05) is 41.9 Å². The molecule has 126 valence electrons. The number of ketones is 1. The van der Waals surface area contributed by atoms with Crippen molar-refractivity contribution < 1.29 is 21.8 Å². The third kappa shape index (κ3) is 5.56. The molecule has 0 aliphatic carbocycles. The van der Waals surface area contributed by atoms with Crippen molar-refractivity contribution in [3.8, 4) is 0 Å². The van der Waals surface area contributed by atoms with Crippen LogP contribution in [0.5, 0.6) is 0 Å². The highest BCUT2D eigenvalue weighted by molar-refractivity contribution is 6.30. The Labute approximate surface area is 158 Å². The molecule has 25 heavy (non-hydrogen) atoms. The predicted molar refractivity (Wildman–Crippen MR) is 97.0 cm³/mol. The average molecular weight is 370 g/mol. The first kappa shape index (κ1) is 18.9. The Morgan fingerprint density at radius 1 is 0.920 bits per heavy atom. The summed E-state index contributed by atoms with van der Waals surface area (Å²) in [4.78, 5) is 12.2. The van der Waals surface area contributed by atoms with Crippen LogP contribution in [0.3, 0.4) is 0 Å². The number of hydrogen-bond acceptors (Lipinski definition) is 1. The molecule has 0 saturated carbocycles. The number of allylic oxidation sites excluding steroid dienone is 1. The lowest BCUT2D eigenvalue weighted by Crippen LogP contribution is -3.00. The molecule has 3 rings (SSSR count). The van der Waals surface area contributed by atoms with Gasteiger partial charge in [0, 0.05) is 28.6 Å². The SMILES string of the molecule is O=C(/C=C/[n+]1cccc(Cc2ccccc2)c1)c1ccc(Cl)cc1.[Cl-]. The van der Waals surface area contributed by atoms with Crippen LogP contribution in [0.15, 0.2) is 85.2 Å². The summed E-state index contributed by atoms with van der Waals surface area (Å²) >= 11 is 5.84. The number of nitrogens with zero attached hydrogens (tertiary/aromatic N) is 1. The fourth-order valence-corrected chi connectivity index (χ4v) is 2.56. The monoisotopic (exact) mass is 369 g/mol. The van der Waals surface area contributed by atoms with Crippen LogP contribution in [0.25, 0.3) is 6.20 Å². The summed E-state index contributed by atoms with van der Waals surface area (Å²) in [5.74, 6) is -0.0485. The van der Waals surface area contributed by atoms with Gasteiger partial charge in [0.2, 0.25) is 0 Å². The number of carbonyl (C=O) groups excluding carboxylic acids is 1. The molecule has 0 amide bonds. The highest BCUT2D eigenvalue weighted by Gasteiger charge is 2.05. The second-order valence-electron chi connectivity index (χ2n) is 5.51. The number of benzene rings is 2. The molecule has 0 aliphatic heterocycles. The van der Waals surface area contributed by atoms with E-state index in [1.54, 1.807) is 36.5 Å². The van der Waals surface area contributed by atoms with E-state index in [0.717, 1.165) is 6.42 Å².